The molecule has 0 heterocycles. The van der Waals surface area contributed by atoms with Gasteiger partial charge in [0, 0.05) is 6.07 Å². The summed E-state index contributed by atoms with van der Waals surface area (Å²) in [5, 5.41) is 20.0. The molecule has 0 aliphatic heterocycles. The number of carbonyl (C=O) groups excluding carboxylic acids is 1. The van der Waals surface area contributed by atoms with Gasteiger partial charge in [0.1, 0.15) is 5.75 Å². The minimum absolute atomic E-state index is 0.148. The number of aromatic hydroxyl groups is 1. The number of ether oxygens (including phenoxy) is 1. The van der Waals surface area contributed by atoms with Gasteiger partial charge in [0.15, 0.2) is 0 Å². The van der Waals surface area contributed by atoms with Crippen LogP contribution in [0, 0.1) is 10.1 Å². The van der Waals surface area contributed by atoms with E-state index in [4.69, 9.17) is 0 Å². The fourth-order valence-electron chi connectivity index (χ4n) is 1.39. The summed E-state index contributed by atoms with van der Waals surface area (Å²) in [5.41, 5.74) is -0.577. The van der Waals surface area contributed by atoms with Gasteiger partial charge in [-0.3, -0.25) is 19.6 Å². The number of rotatable bonds is 7. The van der Waals surface area contributed by atoms with Gasteiger partial charge in [0.25, 0.3) is 5.69 Å². The molecule has 0 aliphatic rings. The third-order valence-electron chi connectivity index (χ3n) is 2.34. The van der Waals surface area contributed by atoms with Crippen molar-refractivity contribution in [3.8, 4) is 5.75 Å². The zero-order valence-corrected chi connectivity index (χ0v) is 11.9. The molecule has 1 aromatic rings. The molecule has 2 N–H and O–H groups in total. The predicted octanol–water partition coefficient (Wildman–Crippen LogP) is 0.995. The van der Waals surface area contributed by atoms with Gasteiger partial charge in [0.05, 0.1) is 35.5 Å². The van der Waals surface area contributed by atoms with Crippen molar-refractivity contribution in [1.29, 1.82) is 0 Å². The van der Waals surface area contributed by atoms with E-state index in [1.54, 1.807) is 6.92 Å². The summed E-state index contributed by atoms with van der Waals surface area (Å²) in [7, 11) is -3.88. The Morgan fingerprint density at radius 2 is 2.14 bits per heavy atom. The van der Waals surface area contributed by atoms with Gasteiger partial charge in [-0.25, -0.2) is 8.42 Å². The van der Waals surface area contributed by atoms with Crippen LogP contribution in [0.3, 0.4) is 0 Å². The second-order valence-corrected chi connectivity index (χ2v) is 5.78. The highest BCUT2D eigenvalue weighted by Crippen LogP contribution is 2.28. The van der Waals surface area contributed by atoms with Crippen molar-refractivity contribution >= 4 is 27.4 Å². The van der Waals surface area contributed by atoms with Crippen LogP contribution >= 0.6 is 0 Å². The Hall–Kier alpha value is -2.36. The standard InChI is InChI=1S/C11H14N2O7S/c1-2-20-11(15)5-6-21(18,19)12-9-4-3-8(13(16)17)7-10(9)14/h3-4,7,12,14H,2,5-6H2,1H3. The number of carbonyl (C=O) groups is 1. The smallest absolute Gasteiger partial charge is 0.306 e. The van der Waals surface area contributed by atoms with Crippen LogP contribution in [0.2, 0.25) is 0 Å². The lowest BCUT2D eigenvalue weighted by Crippen LogP contribution is -2.20. The van der Waals surface area contributed by atoms with E-state index >= 15 is 0 Å². The number of benzene rings is 1. The van der Waals surface area contributed by atoms with Crippen LogP contribution in [0.4, 0.5) is 11.4 Å². The summed E-state index contributed by atoms with van der Waals surface area (Å²) in [6, 6.07) is 2.93. The van der Waals surface area contributed by atoms with E-state index in [1.807, 2.05) is 4.72 Å². The molecular weight excluding hydrogens is 304 g/mol. The highest BCUT2D eigenvalue weighted by atomic mass is 32.2. The van der Waals surface area contributed by atoms with Gasteiger partial charge in [-0.1, -0.05) is 0 Å². The number of hydrogen-bond donors (Lipinski definition) is 2. The van der Waals surface area contributed by atoms with Crippen molar-refractivity contribution in [1.82, 2.24) is 0 Å². The lowest BCUT2D eigenvalue weighted by molar-refractivity contribution is -0.384. The molecule has 0 spiro atoms. The Balaban J connectivity index is 2.75. The van der Waals surface area contributed by atoms with E-state index in [1.165, 1.54) is 0 Å². The topological polar surface area (TPSA) is 136 Å². The molecule has 9 nitrogen and oxygen atoms in total. The number of anilines is 1. The molecule has 1 aromatic carbocycles. The van der Waals surface area contributed by atoms with Crippen LogP contribution in [0.25, 0.3) is 0 Å². The summed E-state index contributed by atoms with van der Waals surface area (Å²) < 4.78 is 30.1. The molecule has 0 fully saturated rings. The van der Waals surface area contributed by atoms with Crippen molar-refractivity contribution in [2.45, 2.75) is 13.3 Å². The maximum absolute atomic E-state index is 11.7. The second kappa shape index (κ2) is 6.88. The molecule has 10 heteroatoms. The highest BCUT2D eigenvalue weighted by molar-refractivity contribution is 7.92. The summed E-state index contributed by atoms with van der Waals surface area (Å²) in [5.74, 6) is -1.76. The van der Waals surface area contributed by atoms with Gasteiger partial charge in [-0.05, 0) is 13.0 Å². The summed E-state index contributed by atoms with van der Waals surface area (Å²) in [6.07, 6.45) is -0.336. The van der Waals surface area contributed by atoms with E-state index in [0.29, 0.717) is 0 Å². The normalized spacial score (nSPS) is 10.9. The molecule has 116 valence electrons. The van der Waals surface area contributed by atoms with E-state index < -0.39 is 32.4 Å². The number of nitro benzene ring substituents is 1. The first-order valence-electron chi connectivity index (χ1n) is 5.88. The average molecular weight is 318 g/mol. The fraction of sp³-hybridized carbons (Fsp3) is 0.364. The Labute approximate surface area is 120 Å². The van der Waals surface area contributed by atoms with Crippen molar-refractivity contribution in [2.75, 3.05) is 17.1 Å². The number of nitrogens with zero attached hydrogens (tertiary/aromatic N) is 1. The average Bonchev–Trinajstić information content (AvgIpc) is 2.39. The minimum Gasteiger partial charge on any atom is -0.505 e. The van der Waals surface area contributed by atoms with Crippen LogP contribution in [0.5, 0.6) is 5.75 Å². The molecule has 0 saturated heterocycles. The number of non-ortho nitro benzene ring substituents is 1. The van der Waals surface area contributed by atoms with Gasteiger partial charge in [-0.15, -0.1) is 0 Å². The number of nitro groups is 1. The number of phenolic OH excluding ortho intramolecular Hbond substituents is 1. The Bertz CT molecular complexity index is 642. The van der Waals surface area contributed by atoms with Crippen molar-refractivity contribution in [2.24, 2.45) is 0 Å². The van der Waals surface area contributed by atoms with Crippen LogP contribution in [0.15, 0.2) is 18.2 Å². The van der Waals surface area contributed by atoms with E-state index in [0.717, 1.165) is 18.2 Å². The molecule has 0 aromatic heterocycles. The molecule has 0 unspecified atom stereocenters. The first-order chi connectivity index (χ1) is 9.75. The zero-order chi connectivity index (χ0) is 16.0. The van der Waals surface area contributed by atoms with E-state index in [9.17, 15) is 28.4 Å². The molecule has 0 radical (unpaired) electrons. The predicted molar refractivity (Wildman–Crippen MR) is 73.4 cm³/mol. The summed E-state index contributed by atoms with van der Waals surface area (Å²) in [6.45, 7) is 1.75. The molecule has 0 aliphatic carbocycles. The summed E-state index contributed by atoms with van der Waals surface area (Å²) >= 11 is 0. The van der Waals surface area contributed by atoms with E-state index in [2.05, 4.69) is 4.74 Å². The monoisotopic (exact) mass is 318 g/mol. The lowest BCUT2D eigenvalue weighted by atomic mass is 10.3. The van der Waals surface area contributed by atoms with Gasteiger partial charge >= 0.3 is 5.97 Å². The first-order valence-corrected chi connectivity index (χ1v) is 7.54. The third kappa shape index (κ3) is 5.26. The van der Waals surface area contributed by atoms with Crippen molar-refractivity contribution in [3.05, 3.63) is 28.3 Å². The maximum Gasteiger partial charge on any atom is 0.306 e. The molecule has 1 rings (SSSR count). The Kier molecular flexibility index (Phi) is 5.47. The van der Waals surface area contributed by atoms with Crippen LogP contribution in [0.1, 0.15) is 13.3 Å². The number of phenols is 1. The first kappa shape index (κ1) is 16.7. The van der Waals surface area contributed by atoms with Gasteiger partial charge in [0.2, 0.25) is 10.0 Å². The van der Waals surface area contributed by atoms with Crippen molar-refractivity contribution in [3.63, 3.8) is 0 Å². The van der Waals surface area contributed by atoms with Crippen LogP contribution in [-0.4, -0.2) is 36.8 Å². The Morgan fingerprint density at radius 1 is 1.48 bits per heavy atom. The second-order valence-electron chi connectivity index (χ2n) is 3.93. The molecule has 0 bridgehead atoms. The van der Waals surface area contributed by atoms with Crippen LogP contribution < -0.4 is 4.72 Å². The SMILES string of the molecule is CCOC(=O)CCS(=O)(=O)Nc1ccc([N+](=O)[O-])cc1O. The lowest BCUT2D eigenvalue weighted by Gasteiger charge is -2.09. The third-order valence-corrected chi connectivity index (χ3v) is 3.61. The number of nitrogens with one attached hydrogen (secondary N) is 1. The van der Waals surface area contributed by atoms with Crippen molar-refractivity contribution < 1.29 is 28.0 Å². The maximum atomic E-state index is 11.7. The quantitative estimate of drug-likeness (QED) is 0.331. The molecule has 0 amide bonds. The highest BCUT2D eigenvalue weighted by Gasteiger charge is 2.17. The van der Waals surface area contributed by atoms with E-state index in [-0.39, 0.29) is 24.4 Å². The molecule has 21 heavy (non-hydrogen) atoms. The molecular formula is C11H14N2O7S. The molecule has 0 saturated carbocycles. The van der Waals surface area contributed by atoms with Gasteiger partial charge in [-0.2, -0.15) is 0 Å². The van der Waals surface area contributed by atoms with Crippen LogP contribution in [-0.2, 0) is 19.6 Å². The fourth-order valence-corrected chi connectivity index (χ4v) is 2.43. The zero-order valence-electron chi connectivity index (χ0n) is 11.1. The summed E-state index contributed by atoms with van der Waals surface area (Å²) in [4.78, 5) is 20.9. The number of esters is 1. The molecule has 0 atom stereocenters. The number of sulfonamides is 1. The van der Waals surface area contributed by atoms with Gasteiger partial charge < -0.3 is 9.84 Å². The largest absolute Gasteiger partial charge is 0.505 e. The Morgan fingerprint density at radius 3 is 2.67 bits per heavy atom. The number of hydrogen-bond acceptors (Lipinski definition) is 7. The minimum atomic E-state index is -3.88.